The molecule has 2 N–H and O–H groups in total. The Morgan fingerprint density at radius 2 is 1.54 bits per heavy atom. The minimum atomic E-state index is -1.86. The molecule has 0 saturated heterocycles. The first-order valence-electron chi connectivity index (χ1n) is 8.24. The number of carbonyl (C=O) groups excluding carboxylic acids is 1. The minimum Gasteiger partial charge on any atom is -0.463 e. The van der Waals surface area contributed by atoms with Gasteiger partial charge in [-0.05, 0) is 37.1 Å². The minimum absolute atomic E-state index is 0.470. The van der Waals surface area contributed by atoms with E-state index in [0.29, 0.717) is 16.9 Å². The number of hydrogen-bond donors (Lipinski definition) is 2. The Balaban J connectivity index is 1.95. The summed E-state index contributed by atoms with van der Waals surface area (Å²) in [6.07, 6.45) is 2.89. The van der Waals surface area contributed by atoms with Crippen molar-refractivity contribution in [3.8, 4) is 0 Å². The van der Waals surface area contributed by atoms with Crippen molar-refractivity contribution in [1.82, 2.24) is 5.43 Å². The number of rotatable bonds is 5. The zero-order valence-electron chi connectivity index (χ0n) is 14.6. The second-order valence-corrected chi connectivity index (χ2v) is 6.16. The molecule has 5 nitrogen and oxygen atoms in total. The topological polar surface area (TPSA) is 74.8 Å². The van der Waals surface area contributed by atoms with Gasteiger partial charge in [-0.3, -0.25) is 4.79 Å². The van der Waals surface area contributed by atoms with Crippen molar-refractivity contribution in [2.75, 3.05) is 0 Å². The fourth-order valence-corrected chi connectivity index (χ4v) is 2.62. The van der Waals surface area contributed by atoms with Gasteiger partial charge in [0.25, 0.3) is 5.91 Å². The number of nitrogens with one attached hydrogen (secondary N) is 1. The summed E-state index contributed by atoms with van der Waals surface area (Å²) in [4.78, 5) is 12.9. The van der Waals surface area contributed by atoms with Crippen molar-refractivity contribution in [2.45, 2.75) is 19.4 Å². The second kappa shape index (κ2) is 7.37. The van der Waals surface area contributed by atoms with Crippen LogP contribution >= 0.6 is 0 Å². The summed E-state index contributed by atoms with van der Waals surface area (Å²) in [6, 6.07) is 17.8. The standard InChI is InChI=1S/C21H20N2O3/c1-15-5-9-17(10-6-15)21(25,18-11-7-16(2)8-12-18)20(24)23-22-14-19-4-3-13-26-19/h3-14,25H,1-2H3,(H,23,24). The summed E-state index contributed by atoms with van der Waals surface area (Å²) in [6.45, 7) is 3.89. The number of aliphatic hydroxyl groups is 1. The van der Waals surface area contributed by atoms with E-state index in [2.05, 4.69) is 10.5 Å². The highest BCUT2D eigenvalue weighted by atomic mass is 16.3. The number of hydrazone groups is 1. The van der Waals surface area contributed by atoms with Crippen molar-refractivity contribution < 1.29 is 14.3 Å². The van der Waals surface area contributed by atoms with E-state index in [1.54, 1.807) is 36.4 Å². The highest BCUT2D eigenvalue weighted by Crippen LogP contribution is 2.30. The lowest BCUT2D eigenvalue weighted by atomic mass is 9.85. The first kappa shape index (κ1) is 17.6. The fourth-order valence-electron chi connectivity index (χ4n) is 2.62. The molecule has 0 atom stereocenters. The molecule has 1 amide bonds. The monoisotopic (exact) mass is 348 g/mol. The summed E-state index contributed by atoms with van der Waals surface area (Å²) in [5.74, 6) is -0.146. The summed E-state index contributed by atoms with van der Waals surface area (Å²) in [5, 5.41) is 15.2. The molecule has 0 aliphatic heterocycles. The molecule has 3 aromatic rings. The van der Waals surface area contributed by atoms with Crippen LogP contribution in [0, 0.1) is 13.8 Å². The van der Waals surface area contributed by atoms with E-state index < -0.39 is 11.5 Å². The van der Waals surface area contributed by atoms with Gasteiger partial charge in [0.15, 0.2) is 5.60 Å². The van der Waals surface area contributed by atoms with Crippen LogP contribution < -0.4 is 5.43 Å². The average Bonchev–Trinajstić information content (AvgIpc) is 3.15. The molecule has 2 aromatic carbocycles. The fraction of sp³-hybridized carbons (Fsp3) is 0.143. The molecule has 0 aliphatic carbocycles. The molecule has 3 rings (SSSR count). The number of carbonyl (C=O) groups is 1. The van der Waals surface area contributed by atoms with E-state index in [9.17, 15) is 9.90 Å². The Bertz CT molecular complexity index is 850. The van der Waals surface area contributed by atoms with Crippen LogP contribution in [0.2, 0.25) is 0 Å². The SMILES string of the molecule is Cc1ccc(C(O)(C(=O)NN=Cc2ccco2)c2ccc(C)cc2)cc1. The third kappa shape index (κ3) is 3.58. The normalized spacial score (nSPS) is 11.7. The number of benzene rings is 2. The van der Waals surface area contributed by atoms with Crippen LogP contribution in [-0.2, 0) is 10.4 Å². The zero-order valence-corrected chi connectivity index (χ0v) is 14.6. The predicted molar refractivity (Wildman–Crippen MR) is 99.8 cm³/mol. The summed E-state index contributed by atoms with van der Waals surface area (Å²) < 4.78 is 5.13. The van der Waals surface area contributed by atoms with E-state index in [1.807, 2.05) is 38.1 Å². The molecule has 132 valence electrons. The van der Waals surface area contributed by atoms with Crippen LogP contribution in [0.25, 0.3) is 0 Å². The van der Waals surface area contributed by atoms with E-state index in [1.165, 1.54) is 12.5 Å². The number of hydrogen-bond acceptors (Lipinski definition) is 4. The van der Waals surface area contributed by atoms with Crippen LogP contribution in [-0.4, -0.2) is 17.2 Å². The number of amides is 1. The number of nitrogens with zero attached hydrogens (tertiary/aromatic N) is 1. The molecule has 0 spiro atoms. The summed E-state index contributed by atoms with van der Waals surface area (Å²) in [5.41, 5.74) is 3.57. The highest BCUT2D eigenvalue weighted by Gasteiger charge is 2.40. The van der Waals surface area contributed by atoms with Gasteiger partial charge in [0, 0.05) is 0 Å². The van der Waals surface area contributed by atoms with Crippen molar-refractivity contribution in [1.29, 1.82) is 0 Å². The molecule has 0 radical (unpaired) electrons. The third-order valence-electron chi connectivity index (χ3n) is 4.17. The molecule has 1 aromatic heterocycles. The van der Waals surface area contributed by atoms with Crippen LogP contribution in [0.3, 0.4) is 0 Å². The van der Waals surface area contributed by atoms with Crippen LogP contribution in [0.4, 0.5) is 0 Å². The molecule has 1 heterocycles. The largest absolute Gasteiger partial charge is 0.463 e. The van der Waals surface area contributed by atoms with E-state index in [-0.39, 0.29) is 0 Å². The molecule has 0 aliphatic rings. The Labute approximate surface area is 152 Å². The zero-order chi connectivity index (χ0) is 18.6. The van der Waals surface area contributed by atoms with Gasteiger partial charge in [-0.1, -0.05) is 59.7 Å². The Hall–Kier alpha value is -3.18. The first-order chi connectivity index (χ1) is 12.5. The predicted octanol–water partition coefficient (Wildman–Crippen LogP) is 3.28. The van der Waals surface area contributed by atoms with E-state index >= 15 is 0 Å². The van der Waals surface area contributed by atoms with Gasteiger partial charge in [-0.25, -0.2) is 5.43 Å². The van der Waals surface area contributed by atoms with Gasteiger partial charge in [-0.15, -0.1) is 0 Å². The lowest BCUT2D eigenvalue weighted by molar-refractivity contribution is -0.136. The van der Waals surface area contributed by atoms with Gasteiger partial charge >= 0.3 is 0 Å². The second-order valence-electron chi connectivity index (χ2n) is 6.16. The van der Waals surface area contributed by atoms with Crippen LogP contribution in [0.15, 0.2) is 76.4 Å². The van der Waals surface area contributed by atoms with Gasteiger partial charge < -0.3 is 9.52 Å². The lowest BCUT2D eigenvalue weighted by Crippen LogP contribution is -2.43. The van der Waals surface area contributed by atoms with Gasteiger partial charge in [0.05, 0.1) is 12.5 Å². The molecule has 0 unspecified atom stereocenters. The Morgan fingerprint density at radius 1 is 1.00 bits per heavy atom. The lowest BCUT2D eigenvalue weighted by Gasteiger charge is -2.27. The summed E-state index contributed by atoms with van der Waals surface area (Å²) >= 11 is 0. The molecule has 0 saturated carbocycles. The molecule has 26 heavy (non-hydrogen) atoms. The van der Waals surface area contributed by atoms with Gasteiger partial charge in [-0.2, -0.15) is 5.10 Å². The van der Waals surface area contributed by atoms with Crippen LogP contribution in [0.5, 0.6) is 0 Å². The molecule has 0 fully saturated rings. The van der Waals surface area contributed by atoms with Gasteiger partial charge in [0.1, 0.15) is 5.76 Å². The van der Waals surface area contributed by atoms with Crippen molar-refractivity contribution in [3.63, 3.8) is 0 Å². The quantitative estimate of drug-likeness (QED) is 0.549. The molecular formula is C21H20N2O3. The first-order valence-corrected chi connectivity index (χ1v) is 8.24. The smallest absolute Gasteiger partial charge is 0.281 e. The maximum absolute atomic E-state index is 12.9. The molecular weight excluding hydrogens is 328 g/mol. The van der Waals surface area contributed by atoms with Gasteiger partial charge in [0.2, 0.25) is 0 Å². The number of furan rings is 1. The van der Waals surface area contributed by atoms with Crippen molar-refractivity contribution in [3.05, 3.63) is 94.9 Å². The Morgan fingerprint density at radius 3 is 2.00 bits per heavy atom. The van der Waals surface area contributed by atoms with E-state index in [0.717, 1.165) is 11.1 Å². The highest BCUT2D eigenvalue weighted by molar-refractivity contribution is 5.90. The number of aryl methyl sites for hydroxylation is 2. The van der Waals surface area contributed by atoms with Crippen molar-refractivity contribution in [2.24, 2.45) is 5.10 Å². The molecule has 0 bridgehead atoms. The third-order valence-corrected chi connectivity index (χ3v) is 4.17. The van der Waals surface area contributed by atoms with Crippen LogP contribution in [0.1, 0.15) is 28.0 Å². The average molecular weight is 348 g/mol. The maximum atomic E-state index is 12.9. The Kier molecular flexibility index (Phi) is 5.00. The van der Waals surface area contributed by atoms with E-state index in [4.69, 9.17) is 4.42 Å². The maximum Gasteiger partial charge on any atom is 0.281 e. The van der Waals surface area contributed by atoms with Crippen molar-refractivity contribution >= 4 is 12.1 Å². The molecule has 5 heteroatoms. The summed E-state index contributed by atoms with van der Waals surface area (Å²) in [7, 11) is 0.